The van der Waals surface area contributed by atoms with Crippen molar-refractivity contribution in [3.63, 3.8) is 0 Å². The number of aryl methyl sites for hydroxylation is 2. The summed E-state index contributed by atoms with van der Waals surface area (Å²) in [5, 5.41) is 4.22. The molecule has 1 saturated heterocycles. The Balaban J connectivity index is 1.55. The molecule has 0 bridgehead atoms. The van der Waals surface area contributed by atoms with Crippen molar-refractivity contribution in [3.8, 4) is 0 Å². The van der Waals surface area contributed by atoms with Crippen LogP contribution in [0.4, 0.5) is 0 Å². The van der Waals surface area contributed by atoms with Crippen molar-refractivity contribution in [2.24, 2.45) is 7.05 Å². The van der Waals surface area contributed by atoms with E-state index in [-0.39, 0.29) is 12.0 Å². The summed E-state index contributed by atoms with van der Waals surface area (Å²) in [6.07, 6.45) is 5.81. The van der Waals surface area contributed by atoms with Crippen LogP contribution in [0.1, 0.15) is 24.8 Å². The number of para-hydroxylation sites is 1. The van der Waals surface area contributed by atoms with Crippen molar-refractivity contribution in [3.05, 3.63) is 36.0 Å². The summed E-state index contributed by atoms with van der Waals surface area (Å²) in [4.78, 5) is 11.9. The highest BCUT2D eigenvalue weighted by Gasteiger charge is 2.16. The number of hydrogen-bond acceptors (Lipinski definition) is 2. The lowest BCUT2D eigenvalue weighted by Crippen LogP contribution is -2.31. The largest absolute Gasteiger partial charge is 0.376 e. The summed E-state index contributed by atoms with van der Waals surface area (Å²) in [6, 6.07) is 8.31. The number of fused-ring (bicyclic) bond motifs is 1. The minimum Gasteiger partial charge on any atom is -0.376 e. The van der Waals surface area contributed by atoms with Crippen molar-refractivity contribution >= 4 is 16.8 Å². The smallest absolute Gasteiger partial charge is 0.220 e. The summed E-state index contributed by atoms with van der Waals surface area (Å²) in [5.74, 6) is 0.110. The molecule has 2 heterocycles. The molecule has 0 aliphatic carbocycles. The van der Waals surface area contributed by atoms with Crippen LogP contribution in [0.3, 0.4) is 0 Å². The third kappa shape index (κ3) is 3.27. The van der Waals surface area contributed by atoms with E-state index in [1.807, 2.05) is 19.2 Å². The second-order valence-electron chi connectivity index (χ2n) is 5.72. The molecule has 21 heavy (non-hydrogen) atoms. The Labute approximate surface area is 125 Å². The summed E-state index contributed by atoms with van der Waals surface area (Å²) >= 11 is 0. The summed E-state index contributed by atoms with van der Waals surface area (Å²) in [5.41, 5.74) is 2.45. The average Bonchev–Trinajstić information content (AvgIpc) is 3.12. The van der Waals surface area contributed by atoms with Crippen LogP contribution < -0.4 is 5.32 Å². The Bertz CT molecular complexity index is 627. The maximum Gasteiger partial charge on any atom is 0.220 e. The van der Waals surface area contributed by atoms with Crippen molar-refractivity contribution in [1.82, 2.24) is 9.88 Å². The third-order valence-electron chi connectivity index (χ3n) is 4.15. The van der Waals surface area contributed by atoms with Crippen molar-refractivity contribution < 1.29 is 9.53 Å². The van der Waals surface area contributed by atoms with Crippen LogP contribution in [0.25, 0.3) is 10.9 Å². The average molecular weight is 286 g/mol. The number of carbonyl (C=O) groups excluding carboxylic acids is 1. The third-order valence-corrected chi connectivity index (χ3v) is 4.15. The molecule has 1 amide bonds. The number of amides is 1. The van der Waals surface area contributed by atoms with E-state index in [0.29, 0.717) is 13.0 Å². The molecule has 0 unspecified atom stereocenters. The molecular formula is C17H22N2O2. The van der Waals surface area contributed by atoms with Gasteiger partial charge in [-0.3, -0.25) is 4.79 Å². The Morgan fingerprint density at radius 2 is 2.29 bits per heavy atom. The molecule has 1 aromatic carbocycles. The van der Waals surface area contributed by atoms with Crippen LogP contribution in [0.5, 0.6) is 0 Å². The number of aromatic nitrogens is 1. The van der Waals surface area contributed by atoms with Crippen LogP contribution >= 0.6 is 0 Å². The highest BCUT2D eigenvalue weighted by molar-refractivity contribution is 5.84. The lowest BCUT2D eigenvalue weighted by molar-refractivity contribution is -0.121. The first-order valence-corrected chi connectivity index (χ1v) is 7.65. The first-order chi connectivity index (χ1) is 10.2. The van der Waals surface area contributed by atoms with Gasteiger partial charge in [-0.1, -0.05) is 18.2 Å². The second-order valence-corrected chi connectivity index (χ2v) is 5.72. The van der Waals surface area contributed by atoms with Gasteiger partial charge in [-0.2, -0.15) is 0 Å². The fourth-order valence-electron chi connectivity index (χ4n) is 2.99. The van der Waals surface area contributed by atoms with Crippen LogP contribution in [-0.4, -0.2) is 29.7 Å². The Kier molecular flexibility index (Phi) is 4.25. The molecule has 0 spiro atoms. The highest BCUT2D eigenvalue weighted by Crippen LogP contribution is 2.21. The van der Waals surface area contributed by atoms with Crippen LogP contribution in [0.15, 0.2) is 30.5 Å². The zero-order valence-electron chi connectivity index (χ0n) is 12.5. The summed E-state index contributed by atoms with van der Waals surface area (Å²) in [6.45, 7) is 1.48. The minimum absolute atomic E-state index is 0.110. The van der Waals surface area contributed by atoms with Gasteiger partial charge in [0, 0.05) is 43.7 Å². The van der Waals surface area contributed by atoms with Gasteiger partial charge in [-0.05, 0) is 30.9 Å². The van der Waals surface area contributed by atoms with Crippen molar-refractivity contribution in [1.29, 1.82) is 0 Å². The van der Waals surface area contributed by atoms with E-state index in [9.17, 15) is 4.79 Å². The van der Waals surface area contributed by atoms with Gasteiger partial charge < -0.3 is 14.6 Å². The molecule has 1 aromatic heterocycles. The normalized spacial score (nSPS) is 18.2. The molecule has 1 aliphatic rings. The predicted molar refractivity (Wildman–Crippen MR) is 83.2 cm³/mol. The Morgan fingerprint density at radius 1 is 1.43 bits per heavy atom. The predicted octanol–water partition coefficient (Wildman–Crippen LogP) is 2.41. The van der Waals surface area contributed by atoms with Gasteiger partial charge in [0.2, 0.25) is 5.91 Å². The summed E-state index contributed by atoms with van der Waals surface area (Å²) < 4.78 is 7.63. The second kappa shape index (κ2) is 6.31. The summed E-state index contributed by atoms with van der Waals surface area (Å²) in [7, 11) is 2.04. The van der Waals surface area contributed by atoms with E-state index in [0.717, 1.165) is 25.9 Å². The molecule has 2 aromatic rings. The van der Waals surface area contributed by atoms with E-state index in [2.05, 4.69) is 28.2 Å². The number of rotatable bonds is 5. The first-order valence-electron chi connectivity index (χ1n) is 7.65. The topological polar surface area (TPSA) is 43.3 Å². The molecule has 0 saturated carbocycles. The van der Waals surface area contributed by atoms with E-state index in [1.54, 1.807) is 0 Å². The SMILES string of the molecule is Cn1cc(CCC(=O)NC[C@H]2CCCO2)c2ccccc21. The van der Waals surface area contributed by atoms with Gasteiger partial charge in [0.25, 0.3) is 0 Å². The van der Waals surface area contributed by atoms with Gasteiger partial charge in [-0.15, -0.1) is 0 Å². The molecule has 1 aliphatic heterocycles. The van der Waals surface area contributed by atoms with Crippen molar-refractivity contribution in [2.45, 2.75) is 31.8 Å². The zero-order valence-corrected chi connectivity index (χ0v) is 12.5. The lowest BCUT2D eigenvalue weighted by Gasteiger charge is -2.10. The van der Waals surface area contributed by atoms with Gasteiger partial charge in [0.1, 0.15) is 0 Å². The maximum absolute atomic E-state index is 11.9. The number of benzene rings is 1. The fraction of sp³-hybridized carbons (Fsp3) is 0.471. The molecular weight excluding hydrogens is 264 g/mol. The molecule has 1 N–H and O–H groups in total. The van der Waals surface area contributed by atoms with Gasteiger partial charge in [0.15, 0.2) is 0 Å². The number of nitrogens with zero attached hydrogens (tertiary/aromatic N) is 1. The van der Waals surface area contributed by atoms with Gasteiger partial charge in [0.05, 0.1) is 6.10 Å². The molecule has 3 rings (SSSR count). The minimum atomic E-state index is 0.110. The molecule has 1 atom stereocenters. The number of hydrogen-bond donors (Lipinski definition) is 1. The maximum atomic E-state index is 11.9. The van der Waals surface area contributed by atoms with E-state index in [1.165, 1.54) is 16.5 Å². The standard InChI is InChI=1S/C17H22N2O2/c1-19-12-13(15-6-2-3-7-16(15)19)8-9-17(20)18-11-14-5-4-10-21-14/h2-3,6-7,12,14H,4-5,8-11H2,1H3,(H,18,20)/t14-/m1/s1. The fourth-order valence-corrected chi connectivity index (χ4v) is 2.99. The Hall–Kier alpha value is -1.81. The van der Waals surface area contributed by atoms with E-state index in [4.69, 9.17) is 4.74 Å². The van der Waals surface area contributed by atoms with Gasteiger partial charge >= 0.3 is 0 Å². The molecule has 112 valence electrons. The van der Waals surface area contributed by atoms with Crippen LogP contribution in [-0.2, 0) is 23.0 Å². The zero-order chi connectivity index (χ0) is 14.7. The monoisotopic (exact) mass is 286 g/mol. The first kappa shape index (κ1) is 14.1. The Morgan fingerprint density at radius 3 is 3.10 bits per heavy atom. The molecule has 0 radical (unpaired) electrons. The molecule has 4 heteroatoms. The number of carbonyl (C=O) groups is 1. The van der Waals surface area contributed by atoms with Crippen LogP contribution in [0.2, 0.25) is 0 Å². The van der Waals surface area contributed by atoms with Crippen molar-refractivity contribution in [2.75, 3.05) is 13.2 Å². The number of nitrogens with one attached hydrogen (secondary N) is 1. The van der Waals surface area contributed by atoms with Gasteiger partial charge in [-0.25, -0.2) is 0 Å². The quantitative estimate of drug-likeness (QED) is 0.917. The number of ether oxygens (including phenoxy) is 1. The molecule has 1 fully saturated rings. The van der Waals surface area contributed by atoms with Crippen LogP contribution in [0, 0.1) is 0 Å². The lowest BCUT2D eigenvalue weighted by atomic mass is 10.1. The molecule has 4 nitrogen and oxygen atoms in total. The van der Waals surface area contributed by atoms with E-state index < -0.39 is 0 Å². The van der Waals surface area contributed by atoms with E-state index >= 15 is 0 Å². The highest BCUT2D eigenvalue weighted by atomic mass is 16.5.